The van der Waals surface area contributed by atoms with Gasteiger partial charge in [-0.15, -0.1) is 11.8 Å². The van der Waals surface area contributed by atoms with Crippen LogP contribution in [0.4, 0.5) is 8.78 Å². The van der Waals surface area contributed by atoms with Crippen LogP contribution >= 0.6 is 11.8 Å². The number of halogens is 2. The molecule has 23 heavy (non-hydrogen) atoms. The number of nitrogens with zero attached hydrogens (tertiary/aromatic N) is 2. The average molecular weight is 329 g/mol. The Kier molecular flexibility index (Phi) is 3.84. The molecule has 0 bridgehead atoms. The van der Waals surface area contributed by atoms with Crippen LogP contribution in [0.5, 0.6) is 0 Å². The summed E-state index contributed by atoms with van der Waals surface area (Å²) in [5, 5.41) is 8.77. The Hall–Kier alpha value is -2.72. The van der Waals surface area contributed by atoms with Crippen molar-refractivity contribution in [3.8, 4) is 17.5 Å². The van der Waals surface area contributed by atoms with Crippen LogP contribution in [0.3, 0.4) is 0 Å². The van der Waals surface area contributed by atoms with Crippen molar-refractivity contribution < 1.29 is 8.78 Å². The van der Waals surface area contributed by atoms with Gasteiger partial charge in [-0.2, -0.15) is 5.26 Å². The van der Waals surface area contributed by atoms with E-state index in [0.717, 1.165) is 11.0 Å². The van der Waals surface area contributed by atoms with E-state index < -0.39 is 17.1 Å². The van der Waals surface area contributed by atoms with Gasteiger partial charge in [0.1, 0.15) is 29.1 Å². The molecule has 0 saturated heterocycles. The van der Waals surface area contributed by atoms with Gasteiger partial charge in [-0.05, 0) is 24.5 Å². The first-order chi connectivity index (χ1) is 11.0. The van der Waals surface area contributed by atoms with Crippen molar-refractivity contribution in [2.45, 2.75) is 4.90 Å². The Morgan fingerprint density at radius 1 is 1.26 bits per heavy atom. The highest BCUT2D eigenvalue weighted by atomic mass is 32.2. The molecule has 2 aromatic heterocycles. The van der Waals surface area contributed by atoms with Crippen molar-refractivity contribution >= 4 is 22.7 Å². The van der Waals surface area contributed by atoms with Crippen LogP contribution < -0.4 is 5.43 Å². The number of H-pyrrole nitrogens is 1. The second-order valence-corrected chi connectivity index (χ2v) is 5.56. The highest BCUT2D eigenvalue weighted by Crippen LogP contribution is 2.28. The van der Waals surface area contributed by atoms with Crippen molar-refractivity contribution in [1.82, 2.24) is 9.97 Å². The lowest BCUT2D eigenvalue weighted by molar-refractivity contribution is 0.591. The Morgan fingerprint density at radius 3 is 2.74 bits per heavy atom. The van der Waals surface area contributed by atoms with E-state index in [4.69, 9.17) is 5.26 Å². The van der Waals surface area contributed by atoms with Gasteiger partial charge in [0.2, 0.25) is 0 Å². The summed E-state index contributed by atoms with van der Waals surface area (Å²) < 4.78 is 27.2. The van der Waals surface area contributed by atoms with Crippen molar-refractivity contribution in [2.75, 3.05) is 6.26 Å². The van der Waals surface area contributed by atoms with Crippen LogP contribution in [0.25, 0.3) is 22.3 Å². The summed E-state index contributed by atoms with van der Waals surface area (Å²) in [6.45, 7) is 0. The molecule has 0 radical (unpaired) electrons. The summed E-state index contributed by atoms with van der Waals surface area (Å²) in [5.74, 6) is -1.71. The molecule has 2 heterocycles. The number of rotatable bonds is 2. The molecule has 0 aliphatic heterocycles. The number of aromatic nitrogens is 2. The molecule has 0 amide bonds. The molecular weight excluding hydrogens is 320 g/mol. The molecule has 7 heteroatoms. The van der Waals surface area contributed by atoms with Crippen LogP contribution in [0, 0.1) is 23.0 Å². The van der Waals surface area contributed by atoms with Crippen molar-refractivity contribution in [1.29, 1.82) is 5.26 Å². The normalized spacial score (nSPS) is 10.7. The third-order valence-corrected chi connectivity index (χ3v) is 4.06. The number of fused-ring (bicyclic) bond motifs is 1. The largest absolute Gasteiger partial charge is 0.353 e. The van der Waals surface area contributed by atoms with E-state index in [2.05, 4.69) is 9.97 Å². The van der Waals surface area contributed by atoms with Crippen molar-refractivity contribution in [2.24, 2.45) is 0 Å². The summed E-state index contributed by atoms with van der Waals surface area (Å²) in [4.78, 5) is 19.9. The smallest absolute Gasteiger partial charge is 0.193 e. The Morgan fingerprint density at radius 2 is 2.04 bits per heavy atom. The number of nitriles is 1. The molecular formula is C16H9F2N3OS. The third kappa shape index (κ3) is 2.69. The molecule has 1 N–H and O–H groups in total. The Balaban J connectivity index is 2.34. The monoisotopic (exact) mass is 329 g/mol. The standard InChI is InChI=1S/C16H9F2N3OS/c1-23-14-3-2-9(7-19)20-16(14)12-6-13(22)15-10(18)4-8(17)5-11(15)21-12/h2-6H,1H3,(H,21,22). The molecule has 114 valence electrons. The molecule has 0 unspecified atom stereocenters. The van der Waals surface area contributed by atoms with E-state index in [1.807, 2.05) is 12.3 Å². The zero-order chi connectivity index (χ0) is 16.6. The molecule has 0 aliphatic carbocycles. The van der Waals surface area contributed by atoms with Crippen molar-refractivity contribution in [3.63, 3.8) is 0 Å². The summed E-state index contributed by atoms with van der Waals surface area (Å²) in [6, 6.07) is 8.12. The predicted molar refractivity (Wildman–Crippen MR) is 84.2 cm³/mol. The zero-order valence-corrected chi connectivity index (χ0v) is 12.7. The summed E-state index contributed by atoms with van der Waals surface area (Å²) in [7, 11) is 0. The molecule has 4 nitrogen and oxygen atoms in total. The van der Waals surface area contributed by atoms with Gasteiger partial charge >= 0.3 is 0 Å². The topological polar surface area (TPSA) is 69.5 Å². The first-order valence-electron chi connectivity index (χ1n) is 6.51. The fourth-order valence-electron chi connectivity index (χ4n) is 2.30. The van der Waals surface area contributed by atoms with Crippen molar-refractivity contribution in [3.05, 3.63) is 57.9 Å². The fourth-order valence-corrected chi connectivity index (χ4v) is 2.85. The maximum absolute atomic E-state index is 13.8. The van der Waals surface area contributed by atoms with E-state index in [1.165, 1.54) is 17.8 Å². The maximum atomic E-state index is 13.8. The third-order valence-electron chi connectivity index (χ3n) is 3.29. The van der Waals surface area contributed by atoms with Gasteiger partial charge in [0.05, 0.1) is 16.6 Å². The molecule has 0 aliphatic rings. The number of hydrogen-bond donors (Lipinski definition) is 1. The van der Waals surface area contributed by atoms with E-state index in [0.29, 0.717) is 17.5 Å². The summed E-state index contributed by atoms with van der Waals surface area (Å²) in [5.41, 5.74) is 0.335. The van der Waals surface area contributed by atoms with Gasteiger partial charge in [-0.3, -0.25) is 4.79 Å². The van der Waals surface area contributed by atoms with Crippen LogP contribution in [0.2, 0.25) is 0 Å². The average Bonchev–Trinajstić information content (AvgIpc) is 2.53. The highest BCUT2D eigenvalue weighted by Gasteiger charge is 2.14. The minimum Gasteiger partial charge on any atom is -0.353 e. The van der Waals surface area contributed by atoms with E-state index in [1.54, 1.807) is 12.1 Å². The first kappa shape index (κ1) is 15.2. The maximum Gasteiger partial charge on any atom is 0.193 e. The summed E-state index contributed by atoms with van der Waals surface area (Å²) in [6.07, 6.45) is 1.82. The lowest BCUT2D eigenvalue weighted by Gasteiger charge is -2.09. The molecule has 0 fully saturated rings. The Labute approximate surface area is 133 Å². The number of aromatic amines is 1. The predicted octanol–water partition coefficient (Wildman–Crippen LogP) is 3.46. The van der Waals surface area contributed by atoms with Gasteiger partial charge in [-0.1, -0.05) is 0 Å². The molecule has 0 saturated carbocycles. The molecule has 3 aromatic rings. The van der Waals surface area contributed by atoms with Gasteiger partial charge in [-0.25, -0.2) is 13.8 Å². The lowest BCUT2D eigenvalue weighted by atomic mass is 10.1. The van der Waals surface area contributed by atoms with E-state index >= 15 is 0 Å². The van der Waals surface area contributed by atoms with Crippen LogP contribution in [-0.2, 0) is 0 Å². The zero-order valence-electron chi connectivity index (χ0n) is 11.9. The highest BCUT2D eigenvalue weighted by molar-refractivity contribution is 7.98. The summed E-state index contributed by atoms with van der Waals surface area (Å²) >= 11 is 1.38. The number of hydrogen-bond acceptors (Lipinski definition) is 4. The van der Waals surface area contributed by atoms with Crippen LogP contribution in [0.15, 0.2) is 40.0 Å². The van der Waals surface area contributed by atoms with Gasteiger partial charge in [0, 0.05) is 17.0 Å². The number of thioether (sulfide) groups is 1. The second-order valence-electron chi connectivity index (χ2n) is 4.72. The second kappa shape index (κ2) is 5.82. The first-order valence-corrected chi connectivity index (χ1v) is 7.73. The van der Waals surface area contributed by atoms with Crippen LogP contribution in [0.1, 0.15) is 5.69 Å². The molecule has 0 atom stereocenters. The lowest BCUT2D eigenvalue weighted by Crippen LogP contribution is -2.07. The minimum absolute atomic E-state index is 0.0428. The number of nitrogens with one attached hydrogen (secondary N) is 1. The minimum atomic E-state index is -0.920. The SMILES string of the molecule is CSc1ccc(C#N)nc1-c1cc(=O)c2c(F)cc(F)cc2[nH]1. The Bertz CT molecular complexity index is 1020. The van der Waals surface area contributed by atoms with E-state index in [-0.39, 0.29) is 16.6 Å². The number of benzene rings is 1. The van der Waals surface area contributed by atoms with Crippen LogP contribution in [-0.4, -0.2) is 16.2 Å². The van der Waals surface area contributed by atoms with E-state index in [9.17, 15) is 13.6 Å². The van der Waals surface area contributed by atoms with Gasteiger partial charge in [0.15, 0.2) is 5.43 Å². The number of pyridine rings is 2. The quantitative estimate of drug-likeness (QED) is 0.731. The fraction of sp³-hybridized carbons (Fsp3) is 0.0625. The van der Waals surface area contributed by atoms with Gasteiger partial charge in [0.25, 0.3) is 0 Å². The van der Waals surface area contributed by atoms with Gasteiger partial charge < -0.3 is 4.98 Å². The molecule has 1 aromatic carbocycles. The molecule has 0 spiro atoms. The molecule has 3 rings (SSSR count).